The van der Waals surface area contributed by atoms with Crippen LogP contribution in [-0.4, -0.2) is 21.1 Å². The molecule has 1 aromatic rings. The van der Waals surface area contributed by atoms with Crippen molar-refractivity contribution in [1.29, 1.82) is 0 Å². The first-order chi connectivity index (χ1) is 6.99. The number of rotatable bonds is 3. The maximum atomic E-state index is 10.7. The molecular weight excluding hydrogens is 202 g/mol. The van der Waals surface area contributed by atoms with Gasteiger partial charge in [0.2, 0.25) is 0 Å². The molecule has 0 unspecified atom stereocenters. The van der Waals surface area contributed by atoms with Gasteiger partial charge in [-0.15, -0.1) is 0 Å². The summed E-state index contributed by atoms with van der Waals surface area (Å²) in [5.74, 6) is -1.22. The Morgan fingerprint density at radius 1 is 1.53 bits per heavy atom. The number of hydrogen-bond donors (Lipinski definition) is 2. The number of aliphatic hydroxyl groups is 1. The maximum Gasteiger partial charge on any atom is 0.336 e. The number of nitro groups is 1. The molecule has 0 aliphatic rings. The summed E-state index contributed by atoms with van der Waals surface area (Å²) in [6.07, 6.45) is 0. The summed E-state index contributed by atoms with van der Waals surface area (Å²) in [4.78, 5) is 20.7. The molecule has 0 saturated carbocycles. The molecule has 0 aliphatic heterocycles. The average Bonchev–Trinajstić information content (AvgIpc) is 2.15. The van der Waals surface area contributed by atoms with E-state index in [0.717, 1.165) is 0 Å². The molecule has 6 nitrogen and oxygen atoms in total. The Hall–Kier alpha value is -1.95. The molecule has 0 aliphatic carbocycles. The molecule has 15 heavy (non-hydrogen) atoms. The molecular formula is C9H9NO5. The fourth-order valence-electron chi connectivity index (χ4n) is 1.37. The SMILES string of the molecule is Cc1c(C(=O)O)ccc(CO)c1[N+](=O)[O-]. The van der Waals surface area contributed by atoms with Crippen LogP contribution in [-0.2, 0) is 6.61 Å². The molecule has 0 heterocycles. The molecule has 0 spiro atoms. The summed E-state index contributed by atoms with van der Waals surface area (Å²) < 4.78 is 0. The molecule has 1 aromatic carbocycles. The number of benzene rings is 1. The fourth-order valence-corrected chi connectivity index (χ4v) is 1.37. The lowest BCUT2D eigenvalue weighted by Crippen LogP contribution is -2.05. The van der Waals surface area contributed by atoms with E-state index >= 15 is 0 Å². The van der Waals surface area contributed by atoms with Gasteiger partial charge in [-0.05, 0) is 19.1 Å². The van der Waals surface area contributed by atoms with Gasteiger partial charge in [0.05, 0.1) is 22.7 Å². The molecule has 0 aromatic heterocycles. The Morgan fingerprint density at radius 2 is 2.13 bits per heavy atom. The third-order valence-corrected chi connectivity index (χ3v) is 2.10. The minimum Gasteiger partial charge on any atom is -0.478 e. The Balaban J connectivity index is 3.49. The van der Waals surface area contributed by atoms with Crippen molar-refractivity contribution in [2.45, 2.75) is 13.5 Å². The van der Waals surface area contributed by atoms with Crippen LogP contribution in [0.15, 0.2) is 12.1 Å². The van der Waals surface area contributed by atoms with E-state index in [1.807, 2.05) is 0 Å². The zero-order valence-corrected chi connectivity index (χ0v) is 7.93. The van der Waals surface area contributed by atoms with Crippen LogP contribution in [0.5, 0.6) is 0 Å². The number of aromatic carboxylic acids is 1. The lowest BCUT2D eigenvalue weighted by Gasteiger charge is -2.05. The van der Waals surface area contributed by atoms with Gasteiger partial charge in [0, 0.05) is 5.56 Å². The second kappa shape index (κ2) is 4.05. The number of carboxylic acid groups (broad SMARTS) is 1. The first kappa shape index (κ1) is 11.1. The van der Waals surface area contributed by atoms with E-state index in [1.165, 1.54) is 19.1 Å². The zero-order valence-electron chi connectivity index (χ0n) is 7.93. The highest BCUT2D eigenvalue weighted by Gasteiger charge is 2.22. The quantitative estimate of drug-likeness (QED) is 0.575. The Kier molecular flexibility index (Phi) is 3.01. The van der Waals surface area contributed by atoms with Crippen molar-refractivity contribution in [2.24, 2.45) is 0 Å². The van der Waals surface area contributed by atoms with Gasteiger partial charge in [0.25, 0.3) is 5.69 Å². The topological polar surface area (TPSA) is 101 Å². The summed E-state index contributed by atoms with van der Waals surface area (Å²) in [6, 6.07) is 2.49. The van der Waals surface area contributed by atoms with Crippen LogP contribution in [0.3, 0.4) is 0 Å². The first-order valence-corrected chi connectivity index (χ1v) is 4.10. The monoisotopic (exact) mass is 211 g/mol. The van der Waals surface area contributed by atoms with Gasteiger partial charge in [-0.3, -0.25) is 10.1 Å². The summed E-state index contributed by atoms with van der Waals surface area (Å²) in [7, 11) is 0. The van der Waals surface area contributed by atoms with E-state index in [9.17, 15) is 14.9 Å². The molecule has 0 bridgehead atoms. The minimum atomic E-state index is -1.22. The maximum absolute atomic E-state index is 10.7. The Morgan fingerprint density at radius 3 is 2.53 bits per heavy atom. The molecule has 2 N–H and O–H groups in total. The van der Waals surface area contributed by atoms with Crippen molar-refractivity contribution in [2.75, 3.05) is 0 Å². The first-order valence-electron chi connectivity index (χ1n) is 4.10. The third-order valence-electron chi connectivity index (χ3n) is 2.10. The summed E-state index contributed by atoms with van der Waals surface area (Å²) in [5, 5.41) is 28.3. The van der Waals surface area contributed by atoms with Gasteiger partial charge in [-0.2, -0.15) is 0 Å². The second-order valence-corrected chi connectivity index (χ2v) is 2.97. The molecule has 0 saturated heterocycles. The van der Waals surface area contributed by atoms with Crippen LogP contribution in [0, 0.1) is 17.0 Å². The molecule has 1 rings (SSSR count). The van der Waals surface area contributed by atoms with Crippen LogP contribution in [0.2, 0.25) is 0 Å². The molecule has 0 fully saturated rings. The lowest BCUT2D eigenvalue weighted by atomic mass is 10.0. The van der Waals surface area contributed by atoms with E-state index in [4.69, 9.17) is 10.2 Å². The smallest absolute Gasteiger partial charge is 0.336 e. The normalized spacial score (nSPS) is 10.0. The number of nitrogens with zero attached hydrogens (tertiary/aromatic N) is 1. The molecule has 0 amide bonds. The number of aliphatic hydroxyl groups excluding tert-OH is 1. The summed E-state index contributed by atoms with van der Waals surface area (Å²) in [5.41, 5.74) is -0.294. The number of carbonyl (C=O) groups is 1. The van der Waals surface area contributed by atoms with Gasteiger partial charge in [0.1, 0.15) is 0 Å². The van der Waals surface area contributed by atoms with Crippen molar-refractivity contribution >= 4 is 11.7 Å². The van der Waals surface area contributed by atoms with E-state index in [-0.39, 0.29) is 22.4 Å². The van der Waals surface area contributed by atoms with Gasteiger partial charge in [0.15, 0.2) is 0 Å². The van der Waals surface area contributed by atoms with Gasteiger partial charge < -0.3 is 10.2 Å². The Labute approximate surface area is 84.9 Å². The Bertz CT molecular complexity index is 427. The van der Waals surface area contributed by atoms with Crippen LogP contribution >= 0.6 is 0 Å². The highest BCUT2D eigenvalue weighted by Crippen LogP contribution is 2.26. The summed E-state index contributed by atoms with van der Waals surface area (Å²) >= 11 is 0. The van der Waals surface area contributed by atoms with E-state index in [1.54, 1.807) is 0 Å². The van der Waals surface area contributed by atoms with Gasteiger partial charge in [-0.25, -0.2) is 4.79 Å². The van der Waals surface area contributed by atoms with Crippen molar-refractivity contribution < 1.29 is 19.9 Å². The zero-order chi connectivity index (χ0) is 11.6. The van der Waals surface area contributed by atoms with E-state index < -0.39 is 17.5 Å². The van der Waals surface area contributed by atoms with Crippen LogP contribution in [0.4, 0.5) is 5.69 Å². The van der Waals surface area contributed by atoms with E-state index in [0.29, 0.717) is 0 Å². The predicted octanol–water partition coefficient (Wildman–Crippen LogP) is 1.09. The van der Waals surface area contributed by atoms with Crippen molar-refractivity contribution in [3.63, 3.8) is 0 Å². The standard InChI is InChI=1S/C9H9NO5/c1-5-7(9(12)13)3-2-6(4-11)8(5)10(14)15/h2-3,11H,4H2,1H3,(H,12,13). The van der Waals surface area contributed by atoms with Crippen LogP contribution in [0.25, 0.3) is 0 Å². The molecule has 6 heteroatoms. The highest BCUT2D eigenvalue weighted by atomic mass is 16.6. The van der Waals surface area contributed by atoms with Crippen molar-refractivity contribution in [3.8, 4) is 0 Å². The number of carboxylic acids is 1. The molecule has 0 atom stereocenters. The fraction of sp³-hybridized carbons (Fsp3) is 0.222. The largest absolute Gasteiger partial charge is 0.478 e. The van der Waals surface area contributed by atoms with Crippen molar-refractivity contribution in [1.82, 2.24) is 0 Å². The third kappa shape index (κ3) is 1.94. The van der Waals surface area contributed by atoms with Gasteiger partial charge in [-0.1, -0.05) is 0 Å². The summed E-state index contributed by atoms with van der Waals surface area (Å²) in [6.45, 7) is 0.859. The van der Waals surface area contributed by atoms with Crippen LogP contribution < -0.4 is 0 Å². The second-order valence-electron chi connectivity index (χ2n) is 2.97. The number of nitro benzene ring substituents is 1. The molecule has 0 radical (unpaired) electrons. The van der Waals surface area contributed by atoms with Gasteiger partial charge >= 0.3 is 5.97 Å². The highest BCUT2D eigenvalue weighted by molar-refractivity contribution is 5.90. The average molecular weight is 211 g/mol. The molecule has 80 valence electrons. The number of hydrogen-bond acceptors (Lipinski definition) is 4. The minimum absolute atomic E-state index is 0.0547. The van der Waals surface area contributed by atoms with E-state index in [2.05, 4.69) is 0 Å². The van der Waals surface area contributed by atoms with Crippen molar-refractivity contribution in [3.05, 3.63) is 38.9 Å². The van der Waals surface area contributed by atoms with Crippen LogP contribution in [0.1, 0.15) is 21.5 Å². The predicted molar refractivity (Wildman–Crippen MR) is 50.7 cm³/mol. The lowest BCUT2D eigenvalue weighted by molar-refractivity contribution is -0.386.